The minimum atomic E-state index is -0.402. The quantitative estimate of drug-likeness (QED) is 0.907. The second kappa shape index (κ2) is 5.49. The molecule has 2 aliphatic rings. The molecule has 2 fully saturated rings. The number of thiazole rings is 1. The Balaban J connectivity index is 1.70. The first-order valence-electron chi connectivity index (χ1n) is 6.58. The zero-order chi connectivity index (χ0) is 12.4. The average Bonchev–Trinajstić information content (AvgIpc) is 2.93. The van der Waals surface area contributed by atoms with Crippen LogP contribution in [0.1, 0.15) is 36.8 Å². The van der Waals surface area contributed by atoms with Gasteiger partial charge in [0, 0.05) is 18.2 Å². The summed E-state index contributed by atoms with van der Waals surface area (Å²) in [6, 6.07) is 0. The summed E-state index contributed by atoms with van der Waals surface area (Å²) in [4.78, 5) is 4.25. The van der Waals surface area contributed by atoms with E-state index in [2.05, 4.69) is 4.98 Å². The zero-order valence-corrected chi connectivity index (χ0v) is 12.0. The van der Waals surface area contributed by atoms with Crippen molar-refractivity contribution in [3.05, 3.63) is 16.6 Å². The van der Waals surface area contributed by atoms with Crippen LogP contribution in [0.4, 0.5) is 0 Å². The lowest BCUT2D eigenvalue weighted by Crippen LogP contribution is -2.44. The highest BCUT2D eigenvalue weighted by molar-refractivity contribution is 7.99. The highest BCUT2D eigenvalue weighted by Crippen LogP contribution is 2.43. The van der Waals surface area contributed by atoms with Crippen LogP contribution in [0.15, 0.2) is 11.6 Å². The van der Waals surface area contributed by atoms with Gasteiger partial charge >= 0.3 is 0 Å². The van der Waals surface area contributed by atoms with E-state index in [9.17, 15) is 5.11 Å². The van der Waals surface area contributed by atoms with Crippen molar-refractivity contribution in [3.63, 3.8) is 0 Å². The Bertz CT molecular complexity index is 371. The number of rotatable bonds is 2. The molecule has 0 radical (unpaired) electrons. The summed E-state index contributed by atoms with van der Waals surface area (Å²) in [6.07, 6.45) is 5.59. The van der Waals surface area contributed by atoms with Crippen molar-refractivity contribution in [3.8, 4) is 0 Å². The fraction of sp³-hybridized carbons (Fsp3) is 0.769. The fourth-order valence-electron chi connectivity index (χ4n) is 3.01. The summed E-state index contributed by atoms with van der Waals surface area (Å²) < 4.78 is 6.06. The van der Waals surface area contributed by atoms with Crippen molar-refractivity contribution in [2.45, 2.75) is 37.4 Å². The monoisotopic (exact) mass is 285 g/mol. The Hall–Kier alpha value is -0.100. The number of thioether (sulfide) groups is 1. The molecule has 2 saturated heterocycles. The summed E-state index contributed by atoms with van der Waals surface area (Å²) >= 11 is 3.57. The van der Waals surface area contributed by atoms with Crippen LogP contribution in [0, 0.1) is 5.92 Å². The first-order chi connectivity index (χ1) is 8.79. The Morgan fingerprint density at radius 1 is 1.44 bits per heavy atom. The van der Waals surface area contributed by atoms with Gasteiger partial charge in [-0.3, -0.25) is 0 Å². The lowest BCUT2D eigenvalue weighted by Gasteiger charge is -2.44. The lowest BCUT2D eigenvalue weighted by atomic mass is 9.79. The molecule has 1 aromatic rings. The normalized spacial score (nSPS) is 29.3. The molecule has 0 bridgehead atoms. The highest BCUT2D eigenvalue weighted by Gasteiger charge is 2.41. The van der Waals surface area contributed by atoms with Gasteiger partial charge in [0.1, 0.15) is 11.1 Å². The Labute approximate surface area is 116 Å². The molecule has 18 heavy (non-hydrogen) atoms. The van der Waals surface area contributed by atoms with E-state index >= 15 is 0 Å². The van der Waals surface area contributed by atoms with E-state index in [1.807, 2.05) is 17.1 Å². The van der Waals surface area contributed by atoms with Crippen LogP contribution in [0.2, 0.25) is 0 Å². The van der Waals surface area contributed by atoms with E-state index < -0.39 is 6.10 Å². The molecule has 3 nitrogen and oxygen atoms in total. The first kappa shape index (κ1) is 12.9. The smallest absolute Gasteiger partial charge is 0.121 e. The van der Waals surface area contributed by atoms with Crippen LogP contribution in [-0.2, 0) is 4.74 Å². The molecule has 0 amide bonds. The van der Waals surface area contributed by atoms with Crippen LogP contribution in [0.3, 0.4) is 0 Å². The van der Waals surface area contributed by atoms with E-state index in [1.165, 1.54) is 11.5 Å². The van der Waals surface area contributed by atoms with Gasteiger partial charge in [-0.25, -0.2) is 4.98 Å². The van der Waals surface area contributed by atoms with E-state index in [0.717, 1.165) is 37.3 Å². The van der Waals surface area contributed by atoms with Crippen molar-refractivity contribution >= 4 is 23.1 Å². The van der Waals surface area contributed by atoms with E-state index in [0.29, 0.717) is 5.92 Å². The molecular formula is C13H19NO2S2. The third-order valence-electron chi connectivity index (χ3n) is 4.09. The van der Waals surface area contributed by atoms with Crippen LogP contribution >= 0.6 is 23.1 Å². The third-order valence-corrected chi connectivity index (χ3v) is 5.92. The van der Waals surface area contributed by atoms with Crippen LogP contribution in [0.5, 0.6) is 0 Å². The van der Waals surface area contributed by atoms with E-state index in [4.69, 9.17) is 4.74 Å². The van der Waals surface area contributed by atoms with Gasteiger partial charge in [0.25, 0.3) is 0 Å². The maximum Gasteiger partial charge on any atom is 0.121 e. The van der Waals surface area contributed by atoms with Gasteiger partial charge in [-0.05, 0) is 43.1 Å². The molecule has 5 heteroatoms. The number of aromatic nitrogens is 1. The van der Waals surface area contributed by atoms with Crippen molar-refractivity contribution in [1.82, 2.24) is 4.98 Å². The Morgan fingerprint density at radius 3 is 3.00 bits per heavy atom. The lowest BCUT2D eigenvalue weighted by molar-refractivity contribution is -0.121. The van der Waals surface area contributed by atoms with Gasteiger partial charge in [-0.15, -0.1) is 11.3 Å². The first-order valence-corrected chi connectivity index (χ1v) is 8.62. The van der Waals surface area contributed by atoms with Crippen molar-refractivity contribution in [2.75, 3.05) is 18.1 Å². The molecule has 0 aromatic carbocycles. The van der Waals surface area contributed by atoms with Crippen LogP contribution in [0.25, 0.3) is 0 Å². The average molecular weight is 285 g/mol. The third kappa shape index (κ3) is 2.59. The highest BCUT2D eigenvalue weighted by atomic mass is 32.2. The molecule has 3 rings (SSSR count). The molecule has 2 aliphatic heterocycles. The zero-order valence-electron chi connectivity index (χ0n) is 10.4. The molecule has 100 valence electrons. The minimum Gasteiger partial charge on any atom is -0.386 e. The summed E-state index contributed by atoms with van der Waals surface area (Å²) in [5.74, 6) is 2.70. The number of ether oxygens (including phenoxy) is 1. The Kier molecular flexibility index (Phi) is 3.94. The topological polar surface area (TPSA) is 42.4 Å². The van der Waals surface area contributed by atoms with Gasteiger partial charge in [0.05, 0.1) is 5.60 Å². The van der Waals surface area contributed by atoms with Crippen molar-refractivity contribution in [1.29, 1.82) is 0 Å². The molecule has 0 saturated carbocycles. The van der Waals surface area contributed by atoms with Gasteiger partial charge in [0.15, 0.2) is 0 Å². The van der Waals surface area contributed by atoms with Crippen LogP contribution < -0.4 is 0 Å². The minimum absolute atomic E-state index is 0.0480. The van der Waals surface area contributed by atoms with Gasteiger partial charge in [-0.2, -0.15) is 11.8 Å². The number of hydrogen-bond acceptors (Lipinski definition) is 5. The molecule has 2 atom stereocenters. The maximum absolute atomic E-state index is 10.4. The van der Waals surface area contributed by atoms with Crippen LogP contribution in [-0.4, -0.2) is 33.8 Å². The SMILES string of the molecule is OC(c1nccs1)C1CCOC2(CCSCC2)C1. The maximum atomic E-state index is 10.4. The molecule has 1 N–H and O–H groups in total. The van der Waals surface area contributed by atoms with E-state index in [1.54, 1.807) is 17.5 Å². The largest absolute Gasteiger partial charge is 0.386 e. The molecular weight excluding hydrogens is 266 g/mol. The summed E-state index contributed by atoms with van der Waals surface area (Å²) in [5, 5.41) is 13.2. The summed E-state index contributed by atoms with van der Waals surface area (Å²) in [7, 11) is 0. The van der Waals surface area contributed by atoms with Gasteiger partial charge in [0.2, 0.25) is 0 Å². The second-order valence-corrected chi connectivity index (χ2v) is 7.36. The molecule has 0 aliphatic carbocycles. The van der Waals surface area contributed by atoms with Crippen molar-refractivity contribution in [2.24, 2.45) is 5.92 Å². The number of nitrogens with zero attached hydrogens (tertiary/aromatic N) is 1. The molecule has 2 unspecified atom stereocenters. The summed E-state index contributed by atoms with van der Waals surface area (Å²) in [5.41, 5.74) is 0.0480. The fourth-order valence-corrected chi connectivity index (χ4v) is 4.96. The number of aliphatic hydroxyl groups excluding tert-OH is 1. The Morgan fingerprint density at radius 2 is 2.28 bits per heavy atom. The molecule has 3 heterocycles. The van der Waals surface area contributed by atoms with Crippen molar-refractivity contribution < 1.29 is 9.84 Å². The summed E-state index contributed by atoms with van der Waals surface area (Å²) in [6.45, 7) is 0.789. The molecule has 1 aromatic heterocycles. The second-order valence-electron chi connectivity index (χ2n) is 5.21. The number of aliphatic hydroxyl groups is 1. The van der Waals surface area contributed by atoms with E-state index in [-0.39, 0.29) is 5.60 Å². The predicted octanol–water partition coefficient (Wildman–Crippen LogP) is 2.87. The standard InChI is InChI=1S/C13H19NO2S2/c15-11(12-14-4-8-18-12)10-1-5-16-13(9-10)2-6-17-7-3-13/h4,8,10-11,15H,1-3,5-7,9H2. The number of hydrogen-bond donors (Lipinski definition) is 1. The van der Waals surface area contributed by atoms with Gasteiger partial charge < -0.3 is 9.84 Å². The molecule has 1 spiro atoms. The van der Waals surface area contributed by atoms with Gasteiger partial charge in [-0.1, -0.05) is 0 Å². The predicted molar refractivity (Wildman–Crippen MR) is 75.0 cm³/mol.